The molecule has 4 heterocycles. The fourth-order valence-electron chi connectivity index (χ4n) is 5.15. The number of hydrogen-bond donors (Lipinski definition) is 1. The number of hydrogen-bond acceptors (Lipinski definition) is 4. The van der Waals surface area contributed by atoms with Gasteiger partial charge in [-0.3, -0.25) is 9.97 Å². The summed E-state index contributed by atoms with van der Waals surface area (Å²) in [5.74, 6) is 1.19. The SMILES string of the molecule is Cc1ccc(-c2cc3cccc(-c4cc(C(C)C)c5[nH]cc(-c6c(C)noc6C)c5c4)c3cn2)cn1. The number of nitrogens with one attached hydrogen (secondary N) is 1. The van der Waals surface area contributed by atoms with Crippen LogP contribution in [0, 0.1) is 20.8 Å². The maximum absolute atomic E-state index is 5.50. The van der Waals surface area contributed by atoms with E-state index in [0.29, 0.717) is 5.92 Å². The lowest BCUT2D eigenvalue weighted by Crippen LogP contribution is -1.93. The average Bonchev–Trinajstić information content (AvgIpc) is 3.44. The maximum Gasteiger partial charge on any atom is 0.141 e. The zero-order chi connectivity index (χ0) is 25.0. The van der Waals surface area contributed by atoms with Crippen molar-refractivity contribution in [3.05, 3.63) is 89.8 Å². The molecule has 2 aromatic carbocycles. The average molecular weight is 473 g/mol. The van der Waals surface area contributed by atoms with Crippen LogP contribution < -0.4 is 0 Å². The van der Waals surface area contributed by atoms with E-state index in [1.54, 1.807) is 0 Å². The van der Waals surface area contributed by atoms with E-state index < -0.39 is 0 Å². The third-order valence-corrected chi connectivity index (χ3v) is 7.03. The van der Waals surface area contributed by atoms with Crippen LogP contribution >= 0.6 is 0 Å². The molecule has 5 nitrogen and oxygen atoms in total. The summed E-state index contributed by atoms with van der Waals surface area (Å²) in [6, 6.07) is 17.3. The summed E-state index contributed by atoms with van der Waals surface area (Å²) in [6.45, 7) is 10.4. The highest BCUT2D eigenvalue weighted by Gasteiger charge is 2.19. The standard InChI is InChI=1S/C31H28N4O/c1-17(2)25-11-23(12-26-28(16-34-31(25)26)30-19(4)35-36-20(30)5)24-8-6-7-21-13-29(33-15-27(21)24)22-10-9-18(3)32-14-22/h6-17,34H,1-5H3. The molecule has 0 fully saturated rings. The molecule has 36 heavy (non-hydrogen) atoms. The van der Waals surface area contributed by atoms with Gasteiger partial charge in [-0.2, -0.15) is 0 Å². The number of rotatable bonds is 4. The van der Waals surface area contributed by atoms with Crippen LogP contribution in [0.4, 0.5) is 0 Å². The highest BCUT2D eigenvalue weighted by molar-refractivity contribution is 6.04. The Hall–Kier alpha value is -4.25. The Kier molecular flexibility index (Phi) is 5.22. The molecule has 4 aromatic heterocycles. The first-order valence-corrected chi connectivity index (χ1v) is 12.3. The van der Waals surface area contributed by atoms with Crippen LogP contribution in [0.15, 0.2) is 71.6 Å². The van der Waals surface area contributed by atoms with Gasteiger partial charge in [-0.15, -0.1) is 0 Å². The van der Waals surface area contributed by atoms with E-state index in [4.69, 9.17) is 9.51 Å². The minimum absolute atomic E-state index is 0.359. The van der Waals surface area contributed by atoms with Crippen LogP contribution in [0.3, 0.4) is 0 Å². The Morgan fingerprint density at radius 2 is 1.69 bits per heavy atom. The number of aromatic amines is 1. The minimum atomic E-state index is 0.359. The number of aryl methyl sites for hydroxylation is 3. The topological polar surface area (TPSA) is 67.6 Å². The van der Waals surface area contributed by atoms with Crippen LogP contribution in [-0.4, -0.2) is 20.1 Å². The van der Waals surface area contributed by atoms with E-state index in [1.807, 2.05) is 39.2 Å². The molecule has 0 radical (unpaired) electrons. The van der Waals surface area contributed by atoms with Crippen molar-refractivity contribution in [2.75, 3.05) is 0 Å². The van der Waals surface area contributed by atoms with E-state index in [9.17, 15) is 0 Å². The lowest BCUT2D eigenvalue weighted by atomic mass is 9.91. The van der Waals surface area contributed by atoms with Gasteiger partial charge in [0, 0.05) is 57.3 Å². The van der Waals surface area contributed by atoms with Gasteiger partial charge in [-0.25, -0.2) is 0 Å². The van der Waals surface area contributed by atoms with E-state index in [0.717, 1.165) is 55.8 Å². The van der Waals surface area contributed by atoms with Crippen LogP contribution in [0.25, 0.3) is 55.2 Å². The van der Waals surface area contributed by atoms with Gasteiger partial charge in [0.25, 0.3) is 0 Å². The minimum Gasteiger partial charge on any atom is -0.361 e. The molecule has 0 aliphatic heterocycles. The number of H-pyrrole nitrogens is 1. The first-order valence-electron chi connectivity index (χ1n) is 12.3. The molecule has 0 bridgehead atoms. The van der Waals surface area contributed by atoms with Crippen molar-refractivity contribution in [3.63, 3.8) is 0 Å². The maximum atomic E-state index is 5.50. The predicted molar refractivity (Wildman–Crippen MR) is 146 cm³/mol. The number of benzene rings is 2. The van der Waals surface area contributed by atoms with Gasteiger partial charge in [-0.05, 0) is 79.1 Å². The van der Waals surface area contributed by atoms with Crippen LogP contribution in [0.2, 0.25) is 0 Å². The van der Waals surface area contributed by atoms with E-state index in [1.165, 1.54) is 22.1 Å². The second kappa shape index (κ2) is 8.45. The van der Waals surface area contributed by atoms with Gasteiger partial charge < -0.3 is 9.51 Å². The zero-order valence-electron chi connectivity index (χ0n) is 21.2. The molecule has 5 heteroatoms. The third kappa shape index (κ3) is 3.59. The molecule has 0 unspecified atom stereocenters. The van der Waals surface area contributed by atoms with Crippen molar-refractivity contribution in [2.24, 2.45) is 0 Å². The van der Waals surface area contributed by atoms with Gasteiger partial charge in [0.1, 0.15) is 5.76 Å². The van der Waals surface area contributed by atoms with E-state index in [-0.39, 0.29) is 0 Å². The summed E-state index contributed by atoms with van der Waals surface area (Å²) in [5, 5.41) is 7.66. The molecule has 0 aliphatic rings. The molecule has 178 valence electrons. The largest absolute Gasteiger partial charge is 0.361 e. The fraction of sp³-hybridized carbons (Fsp3) is 0.194. The molecule has 0 amide bonds. The summed E-state index contributed by atoms with van der Waals surface area (Å²) >= 11 is 0. The Balaban J connectivity index is 1.56. The Morgan fingerprint density at radius 3 is 2.42 bits per heavy atom. The Bertz CT molecular complexity index is 1720. The van der Waals surface area contributed by atoms with Crippen molar-refractivity contribution in [1.82, 2.24) is 20.1 Å². The Labute approximate surface area is 210 Å². The number of pyridine rings is 2. The van der Waals surface area contributed by atoms with Gasteiger partial charge in [0.15, 0.2) is 0 Å². The number of fused-ring (bicyclic) bond motifs is 2. The van der Waals surface area contributed by atoms with Gasteiger partial charge in [-0.1, -0.05) is 37.2 Å². The van der Waals surface area contributed by atoms with Crippen LogP contribution in [0.5, 0.6) is 0 Å². The Morgan fingerprint density at radius 1 is 0.833 bits per heavy atom. The summed E-state index contributed by atoms with van der Waals surface area (Å²) < 4.78 is 5.50. The van der Waals surface area contributed by atoms with Crippen molar-refractivity contribution in [2.45, 2.75) is 40.5 Å². The highest BCUT2D eigenvalue weighted by Crippen LogP contribution is 2.40. The molecule has 0 saturated heterocycles. The molecular weight excluding hydrogens is 444 g/mol. The van der Waals surface area contributed by atoms with Gasteiger partial charge in [0.05, 0.1) is 11.4 Å². The monoisotopic (exact) mass is 472 g/mol. The third-order valence-electron chi connectivity index (χ3n) is 7.03. The molecule has 0 spiro atoms. The van der Waals surface area contributed by atoms with E-state index in [2.05, 4.69) is 77.6 Å². The quantitative estimate of drug-likeness (QED) is 0.281. The van der Waals surface area contributed by atoms with Crippen molar-refractivity contribution in [3.8, 4) is 33.5 Å². The lowest BCUT2D eigenvalue weighted by molar-refractivity contribution is 0.393. The number of nitrogens with zero attached hydrogens (tertiary/aromatic N) is 3. The predicted octanol–water partition coefficient (Wildman–Crippen LogP) is 8.15. The van der Waals surface area contributed by atoms with Gasteiger partial charge >= 0.3 is 0 Å². The smallest absolute Gasteiger partial charge is 0.141 e. The van der Waals surface area contributed by atoms with Crippen molar-refractivity contribution in [1.29, 1.82) is 0 Å². The molecule has 6 aromatic rings. The highest BCUT2D eigenvalue weighted by atomic mass is 16.5. The summed E-state index contributed by atoms with van der Waals surface area (Å²) in [7, 11) is 0. The normalized spacial score (nSPS) is 11.7. The molecule has 1 N–H and O–H groups in total. The molecule has 0 atom stereocenters. The fourth-order valence-corrected chi connectivity index (χ4v) is 5.15. The molecule has 0 aliphatic carbocycles. The summed E-state index contributed by atoms with van der Waals surface area (Å²) in [5.41, 5.74) is 10.8. The summed E-state index contributed by atoms with van der Waals surface area (Å²) in [4.78, 5) is 12.8. The van der Waals surface area contributed by atoms with Gasteiger partial charge in [0.2, 0.25) is 0 Å². The second-order valence-corrected chi connectivity index (χ2v) is 9.83. The van der Waals surface area contributed by atoms with Crippen molar-refractivity contribution >= 4 is 21.7 Å². The number of aromatic nitrogens is 4. The summed E-state index contributed by atoms with van der Waals surface area (Å²) in [6.07, 6.45) is 5.96. The van der Waals surface area contributed by atoms with Crippen molar-refractivity contribution < 1.29 is 4.52 Å². The molecule has 0 saturated carbocycles. The zero-order valence-corrected chi connectivity index (χ0v) is 21.2. The lowest BCUT2D eigenvalue weighted by Gasteiger charge is -2.14. The first-order chi connectivity index (χ1) is 17.4. The van der Waals surface area contributed by atoms with Crippen LogP contribution in [-0.2, 0) is 0 Å². The van der Waals surface area contributed by atoms with Crippen LogP contribution in [0.1, 0.15) is 42.5 Å². The van der Waals surface area contributed by atoms with E-state index >= 15 is 0 Å². The first kappa shape index (κ1) is 22.2. The molecular formula is C31H28N4O. The second-order valence-electron chi connectivity index (χ2n) is 9.83. The molecule has 6 rings (SSSR count).